The number of hydrogen-bond donors (Lipinski definition) is 2. The van der Waals surface area contributed by atoms with E-state index in [-0.39, 0.29) is 17.0 Å². The zero-order valence-corrected chi connectivity index (χ0v) is 16.1. The lowest BCUT2D eigenvalue weighted by molar-refractivity contribution is -0.143. The summed E-state index contributed by atoms with van der Waals surface area (Å²) in [6, 6.07) is 6.70. The topological polar surface area (TPSA) is 55.1 Å². The smallest absolute Gasteiger partial charge is 0.366 e. The van der Waals surface area contributed by atoms with Crippen molar-refractivity contribution in [1.82, 2.24) is 4.72 Å². The molecule has 2 aromatic rings. The predicted molar refractivity (Wildman–Crippen MR) is 101 cm³/mol. The molecular weight excluding hydrogens is 430 g/mol. The van der Waals surface area contributed by atoms with Gasteiger partial charge >= 0.3 is 12.4 Å². The Morgan fingerprint density at radius 3 is 2.23 bits per heavy atom. The van der Waals surface area contributed by atoms with Crippen molar-refractivity contribution in [1.29, 1.82) is 0 Å². The van der Waals surface area contributed by atoms with Crippen molar-refractivity contribution in [3.8, 4) is 0 Å². The first-order valence-corrected chi connectivity index (χ1v) is 9.57. The molecule has 3 rings (SSSR count). The summed E-state index contributed by atoms with van der Waals surface area (Å²) in [6.07, 6.45) is -5.65. The highest BCUT2D eigenvalue weighted by molar-refractivity contribution is 7.97. The molecule has 10 heteroatoms. The highest BCUT2D eigenvalue weighted by Gasteiger charge is 2.37. The maximum atomic E-state index is 13.0. The van der Waals surface area contributed by atoms with Gasteiger partial charge in [0.05, 0.1) is 11.1 Å². The molecule has 1 amide bonds. The molecule has 0 saturated carbocycles. The van der Waals surface area contributed by atoms with Crippen molar-refractivity contribution < 1.29 is 31.1 Å². The Morgan fingerprint density at radius 2 is 1.67 bits per heavy atom. The molecule has 1 atom stereocenters. The predicted octanol–water partition coefficient (Wildman–Crippen LogP) is 5.51. The van der Waals surface area contributed by atoms with Crippen LogP contribution in [0.5, 0.6) is 0 Å². The van der Waals surface area contributed by atoms with Crippen molar-refractivity contribution in [3.63, 3.8) is 0 Å². The van der Waals surface area contributed by atoms with E-state index >= 15 is 0 Å². The van der Waals surface area contributed by atoms with Crippen LogP contribution in [0.3, 0.4) is 0 Å². The van der Waals surface area contributed by atoms with E-state index in [4.69, 9.17) is 5.73 Å². The minimum atomic E-state index is -4.88. The second kappa shape index (κ2) is 8.35. The van der Waals surface area contributed by atoms with Crippen LogP contribution in [-0.2, 0) is 23.6 Å². The van der Waals surface area contributed by atoms with Gasteiger partial charge in [0.1, 0.15) is 0 Å². The first-order valence-electron chi connectivity index (χ1n) is 8.75. The first-order chi connectivity index (χ1) is 13.9. The van der Waals surface area contributed by atoms with Crippen LogP contribution in [0.4, 0.5) is 26.3 Å². The Kier molecular flexibility index (Phi) is 6.19. The van der Waals surface area contributed by atoms with Gasteiger partial charge in [-0.05, 0) is 65.8 Å². The summed E-state index contributed by atoms with van der Waals surface area (Å²) in [7, 11) is 0. The number of rotatable bonds is 5. The molecule has 0 aromatic heterocycles. The largest absolute Gasteiger partial charge is 0.416 e. The van der Waals surface area contributed by atoms with Gasteiger partial charge < -0.3 is 5.73 Å². The standard InChI is InChI=1S/C20H16F6N2OS/c21-19(22,23)13-8-14(20(24,25)26)10-15(9-13)30-28-17-5-3-12-7-11(1-4-16(12)17)2-6-18(27)29/h1-2,4,6-10,17,28H,3,5H2,(H2,27,29)/b6-2+. The van der Waals surface area contributed by atoms with Gasteiger partial charge in [0.2, 0.25) is 5.91 Å². The van der Waals surface area contributed by atoms with E-state index in [2.05, 4.69) is 4.72 Å². The fourth-order valence-electron chi connectivity index (χ4n) is 3.17. The van der Waals surface area contributed by atoms with Crippen LogP contribution in [0.1, 0.15) is 40.3 Å². The summed E-state index contributed by atoms with van der Waals surface area (Å²) in [5.41, 5.74) is 5.03. The number of halogens is 6. The summed E-state index contributed by atoms with van der Waals surface area (Å²) >= 11 is 0.735. The molecule has 2 aromatic carbocycles. The van der Waals surface area contributed by atoms with Gasteiger partial charge in [-0.3, -0.25) is 9.52 Å². The molecule has 0 fully saturated rings. The second-order valence-corrected chi connectivity index (χ2v) is 7.66. The third kappa shape index (κ3) is 5.37. The lowest BCUT2D eigenvalue weighted by Crippen LogP contribution is -2.13. The van der Waals surface area contributed by atoms with Gasteiger partial charge in [0.25, 0.3) is 0 Å². The molecule has 1 aliphatic carbocycles. The van der Waals surface area contributed by atoms with Crippen LogP contribution in [0.15, 0.2) is 47.4 Å². The highest BCUT2D eigenvalue weighted by atomic mass is 32.2. The SMILES string of the molecule is NC(=O)/C=C/c1ccc2c(c1)CCC2NSc1cc(C(F)(F)F)cc(C(F)(F)F)c1. The molecule has 0 saturated heterocycles. The van der Waals surface area contributed by atoms with Gasteiger partial charge in [-0.2, -0.15) is 26.3 Å². The molecule has 3 N–H and O–H groups in total. The third-order valence-electron chi connectivity index (χ3n) is 4.57. The molecule has 30 heavy (non-hydrogen) atoms. The maximum Gasteiger partial charge on any atom is 0.416 e. The second-order valence-electron chi connectivity index (χ2n) is 6.75. The normalized spacial score (nSPS) is 16.8. The lowest BCUT2D eigenvalue weighted by Gasteiger charge is -2.16. The van der Waals surface area contributed by atoms with Crippen LogP contribution in [0.25, 0.3) is 6.08 Å². The number of primary amides is 1. The number of amides is 1. The molecular formula is C20H16F6N2OS. The summed E-state index contributed by atoms with van der Waals surface area (Å²) in [5.74, 6) is -0.578. The van der Waals surface area contributed by atoms with Gasteiger partial charge in [0.15, 0.2) is 0 Å². The average Bonchev–Trinajstić information content (AvgIpc) is 3.05. The van der Waals surface area contributed by atoms with Gasteiger partial charge in [-0.15, -0.1) is 0 Å². The number of nitrogens with two attached hydrogens (primary N) is 1. The molecule has 3 nitrogen and oxygen atoms in total. The van der Waals surface area contributed by atoms with Crippen LogP contribution in [0, 0.1) is 0 Å². The van der Waals surface area contributed by atoms with Crippen molar-refractivity contribution in [2.24, 2.45) is 5.73 Å². The molecule has 1 aliphatic rings. The molecule has 0 bridgehead atoms. The van der Waals surface area contributed by atoms with Crippen molar-refractivity contribution >= 4 is 23.9 Å². The van der Waals surface area contributed by atoms with E-state index in [9.17, 15) is 31.1 Å². The Balaban J connectivity index is 1.78. The number of benzene rings is 2. The van der Waals surface area contributed by atoms with E-state index in [0.717, 1.165) is 28.6 Å². The average molecular weight is 446 g/mol. The van der Waals surface area contributed by atoms with Crippen LogP contribution in [0.2, 0.25) is 0 Å². The van der Waals surface area contributed by atoms with Crippen LogP contribution < -0.4 is 10.5 Å². The molecule has 0 heterocycles. The maximum absolute atomic E-state index is 13.0. The molecule has 0 radical (unpaired) electrons. The molecule has 0 aliphatic heterocycles. The van der Waals surface area contributed by atoms with Crippen molar-refractivity contribution in [3.05, 3.63) is 70.3 Å². The number of carbonyl (C=O) groups is 1. The van der Waals surface area contributed by atoms with Crippen LogP contribution >= 0.6 is 11.9 Å². The number of carbonyl (C=O) groups excluding carboxylic acids is 1. The monoisotopic (exact) mass is 446 g/mol. The number of fused-ring (bicyclic) bond motifs is 1. The quantitative estimate of drug-likeness (QED) is 0.362. The fourth-order valence-corrected chi connectivity index (χ4v) is 4.06. The Bertz CT molecular complexity index is 952. The van der Waals surface area contributed by atoms with Gasteiger partial charge in [-0.25, -0.2) is 0 Å². The highest BCUT2D eigenvalue weighted by Crippen LogP contribution is 2.39. The zero-order valence-electron chi connectivity index (χ0n) is 15.3. The number of aryl methyl sites for hydroxylation is 1. The zero-order chi connectivity index (χ0) is 22.1. The third-order valence-corrected chi connectivity index (χ3v) is 5.44. The van der Waals surface area contributed by atoms with E-state index in [1.807, 2.05) is 12.1 Å². The number of alkyl halides is 6. The lowest BCUT2D eigenvalue weighted by atomic mass is 10.0. The Morgan fingerprint density at radius 1 is 1.03 bits per heavy atom. The van der Waals surface area contributed by atoms with E-state index in [0.29, 0.717) is 25.0 Å². The Hall–Kier alpha value is -2.46. The van der Waals surface area contributed by atoms with Crippen LogP contribution in [-0.4, -0.2) is 5.91 Å². The van der Waals surface area contributed by atoms with Crippen molar-refractivity contribution in [2.45, 2.75) is 36.1 Å². The first kappa shape index (κ1) is 22.2. The summed E-state index contributed by atoms with van der Waals surface area (Å²) in [6.45, 7) is 0. The van der Waals surface area contributed by atoms with Gasteiger partial charge in [-0.1, -0.05) is 18.2 Å². The molecule has 1 unspecified atom stereocenters. The molecule has 0 spiro atoms. The minimum Gasteiger partial charge on any atom is -0.366 e. The summed E-state index contributed by atoms with van der Waals surface area (Å²) in [4.78, 5) is 10.7. The van der Waals surface area contributed by atoms with E-state index in [1.54, 1.807) is 12.1 Å². The van der Waals surface area contributed by atoms with E-state index in [1.165, 1.54) is 6.08 Å². The summed E-state index contributed by atoms with van der Waals surface area (Å²) < 4.78 is 80.9. The molecule has 160 valence electrons. The van der Waals surface area contributed by atoms with E-state index < -0.39 is 29.4 Å². The minimum absolute atomic E-state index is 0.107. The Labute approximate surface area is 172 Å². The summed E-state index contributed by atoms with van der Waals surface area (Å²) in [5, 5.41) is 0. The van der Waals surface area contributed by atoms with Crippen molar-refractivity contribution in [2.75, 3.05) is 0 Å². The van der Waals surface area contributed by atoms with Gasteiger partial charge in [0, 0.05) is 17.0 Å². The fraction of sp³-hybridized carbons (Fsp3) is 0.250. The number of nitrogens with one attached hydrogen (secondary N) is 1. The number of hydrogen-bond acceptors (Lipinski definition) is 3.